The van der Waals surface area contributed by atoms with Crippen LogP contribution in [0.15, 0.2) is 30.3 Å². The Balaban J connectivity index is 2.31. The molecule has 3 nitrogen and oxygen atoms in total. The molecule has 0 aromatic heterocycles. The van der Waals surface area contributed by atoms with Crippen molar-refractivity contribution >= 4 is 6.09 Å². The summed E-state index contributed by atoms with van der Waals surface area (Å²) in [6.07, 6.45) is 4.44. The number of nitrogens with zero attached hydrogens (tertiary/aromatic N) is 1. The first-order valence-corrected chi connectivity index (χ1v) is 9.38. The molecule has 3 heteroatoms. The summed E-state index contributed by atoms with van der Waals surface area (Å²) < 4.78 is 5.70. The number of benzene rings is 1. The number of carbonyl (C=O) groups excluding carboxylic acids is 1. The molecule has 0 radical (unpaired) electrons. The average molecular weight is 332 g/mol. The fourth-order valence-electron chi connectivity index (χ4n) is 3.72. The van der Waals surface area contributed by atoms with Gasteiger partial charge < -0.3 is 9.64 Å². The fourth-order valence-corrected chi connectivity index (χ4v) is 3.72. The molecule has 3 atom stereocenters. The van der Waals surface area contributed by atoms with Crippen molar-refractivity contribution in [2.24, 2.45) is 11.8 Å². The summed E-state index contributed by atoms with van der Waals surface area (Å²) in [4.78, 5) is 14.8. The molecule has 134 valence electrons. The van der Waals surface area contributed by atoms with Crippen LogP contribution in [0.25, 0.3) is 0 Å². The van der Waals surface area contributed by atoms with Gasteiger partial charge in [0.05, 0.1) is 6.04 Å². The maximum atomic E-state index is 12.8. The summed E-state index contributed by atoms with van der Waals surface area (Å²) in [6, 6.07) is 10.6. The van der Waals surface area contributed by atoms with Gasteiger partial charge in [0.1, 0.15) is 5.60 Å². The van der Waals surface area contributed by atoms with E-state index in [1.165, 1.54) is 18.4 Å². The third-order valence-corrected chi connectivity index (χ3v) is 4.96. The predicted molar refractivity (Wildman–Crippen MR) is 98.9 cm³/mol. The van der Waals surface area contributed by atoms with Crippen LogP contribution in [-0.2, 0) is 4.74 Å². The molecule has 0 aliphatic carbocycles. The molecule has 0 N–H and O–H groups in total. The lowest BCUT2D eigenvalue weighted by atomic mass is 9.75. The van der Waals surface area contributed by atoms with Crippen molar-refractivity contribution in [3.8, 4) is 0 Å². The molecule has 1 aliphatic rings. The molecule has 1 aliphatic heterocycles. The van der Waals surface area contributed by atoms with Crippen LogP contribution in [0, 0.1) is 11.8 Å². The summed E-state index contributed by atoms with van der Waals surface area (Å²) in [5, 5.41) is 0. The highest BCUT2D eigenvalue weighted by atomic mass is 16.6. The van der Waals surface area contributed by atoms with Crippen molar-refractivity contribution in [1.29, 1.82) is 0 Å². The number of hydrogen-bond donors (Lipinski definition) is 0. The van der Waals surface area contributed by atoms with E-state index in [2.05, 4.69) is 38.1 Å². The van der Waals surface area contributed by atoms with E-state index in [9.17, 15) is 4.79 Å². The molecule has 1 unspecified atom stereocenters. The summed E-state index contributed by atoms with van der Waals surface area (Å²) in [5.74, 6) is 1.12. The lowest BCUT2D eigenvalue weighted by Crippen LogP contribution is -2.47. The van der Waals surface area contributed by atoms with Gasteiger partial charge in [0.2, 0.25) is 0 Å². The van der Waals surface area contributed by atoms with Gasteiger partial charge in [-0.05, 0) is 51.0 Å². The van der Waals surface area contributed by atoms with Crippen molar-refractivity contribution in [2.45, 2.75) is 71.9 Å². The summed E-state index contributed by atoms with van der Waals surface area (Å²) in [6.45, 7) is 11.1. The minimum atomic E-state index is -0.458. The van der Waals surface area contributed by atoms with Crippen LogP contribution in [0.1, 0.15) is 71.9 Å². The van der Waals surface area contributed by atoms with Gasteiger partial charge in [0, 0.05) is 6.54 Å². The SMILES string of the molecule is CCCC[C@@H]1C(c2ccccc2)N(C(=O)OC(C)(C)C)CC[C@H]1C. The van der Waals surface area contributed by atoms with E-state index in [1.807, 2.05) is 31.7 Å². The molecule has 24 heavy (non-hydrogen) atoms. The molecule has 1 amide bonds. The number of rotatable bonds is 4. The van der Waals surface area contributed by atoms with E-state index < -0.39 is 5.60 Å². The molecule has 0 saturated carbocycles. The number of carbonyl (C=O) groups is 1. The lowest BCUT2D eigenvalue weighted by molar-refractivity contribution is -0.0116. The first-order valence-electron chi connectivity index (χ1n) is 9.38. The van der Waals surface area contributed by atoms with Crippen LogP contribution in [0.3, 0.4) is 0 Å². The van der Waals surface area contributed by atoms with Crippen LogP contribution < -0.4 is 0 Å². The van der Waals surface area contributed by atoms with Crippen molar-refractivity contribution in [3.05, 3.63) is 35.9 Å². The average Bonchev–Trinajstić information content (AvgIpc) is 2.52. The zero-order valence-corrected chi connectivity index (χ0v) is 15.9. The summed E-state index contributed by atoms with van der Waals surface area (Å²) in [7, 11) is 0. The molecule has 2 rings (SSSR count). The number of piperidine rings is 1. The van der Waals surface area contributed by atoms with Crippen molar-refractivity contribution in [2.75, 3.05) is 6.54 Å². The standard InChI is InChI=1S/C21H33NO2/c1-6-7-13-18-16(2)14-15-22(20(23)24-21(3,4)5)19(18)17-11-9-8-10-12-17/h8-12,16,18-19H,6-7,13-15H2,1-5H3/t16-,18+,19?/m1/s1. The van der Waals surface area contributed by atoms with Gasteiger partial charge >= 0.3 is 6.09 Å². The minimum absolute atomic E-state index is 0.122. The molecule has 0 bridgehead atoms. The number of ether oxygens (including phenoxy) is 1. The highest BCUT2D eigenvalue weighted by Crippen LogP contribution is 2.42. The van der Waals surface area contributed by atoms with Crippen LogP contribution in [0.5, 0.6) is 0 Å². The first kappa shape index (κ1) is 18.8. The molecular formula is C21H33NO2. The first-order chi connectivity index (χ1) is 11.3. The van der Waals surface area contributed by atoms with E-state index in [1.54, 1.807) is 0 Å². The van der Waals surface area contributed by atoms with E-state index in [0.717, 1.165) is 19.4 Å². The second kappa shape index (κ2) is 8.04. The molecule has 1 heterocycles. The summed E-state index contributed by atoms with van der Waals surface area (Å²) in [5.41, 5.74) is 0.774. The minimum Gasteiger partial charge on any atom is -0.444 e. The molecule has 0 spiro atoms. The highest BCUT2D eigenvalue weighted by molar-refractivity contribution is 5.69. The van der Waals surface area contributed by atoms with Gasteiger partial charge in [-0.2, -0.15) is 0 Å². The topological polar surface area (TPSA) is 29.5 Å². The largest absolute Gasteiger partial charge is 0.444 e. The van der Waals surface area contributed by atoms with E-state index in [0.29, 0.717) is 11.8 Å². The van der Waals surface area contributed by atoms with E-state index in [4.69, 9.17) is 4.74 Å². The monoisotopic (exact) mass is 331 g/mol. The van der Waals surface area contributed by atoms with Crippen molar-refractivity contribution in [1.82, 2.24) is 4.90 Å². The maximum Gasteiger partial charge on any atom is 0.410 e. The molecular weight excluding hydrogens is 298 g/mol. The molecule has 1 aromatic rings. The third-order valence-electron chi connectivity index (χ3n) is 4.96. The predicted octanol–water partition coefficient (Wildman–Crippen LogP) is 5.81. The van der Waals surface area contributed by atoms with Crippen LogP contribution in [0.2, 0.25) is 0 Å². The Labute approximate surface area is 147 Å². The molecule has 1 fully saturated rings. The number of unbranched alkanes of at least 4 members (excludes halogenated alkanes) is 1. The molecule has 1 saturated heterocycles. The third kappa shape index (κ3) is 4.75. The van der Waals surface area contributed by atoms with Gasteiger partial charge in [-0.1, -0.05) is 57.0 Å². The highest BCUT2D eigenvalue weighted by Gasteiger charge is 2.40. The maximum absolute atomic E-state index is 12.8. The number of amides is 1. The Bertz CT molecular complexity index is 520. The quantitative estimate of drug-likeness (QED) is 0.696. The second-order valence-electron chi connectivity index (χ2n) is 8.10. The Morgan fingerprint density at radius 2 is 1.92 bits per heavy atom. The Morgan fingerprint density at radius 1 is 1.25 bits per heavy atom. The van der Waals surface area contributed by atoms with Gasteiger partial charge in [0.15, 0.2) is 0 Å². The Morgan fingerprint density at radius 3 is 2.50 bits per heavy atom. The fraction of sp³-hybridized carbons (Fsp3) is 0.667. The zero-order chi connectivity index (χ0) is 17.7. The zero-order valence-electron chi connectivity index (χ0n) is 15.9. The van der Waals surface area contributed by atoms with Crippen LogP contribution >= 0.6 is 0 Å². The van der Waals surface area contributed by atoms with Gasteiger partial charge in [0.25, 0.3) is 0 Å². The van der Waals surface area contributed by atoms with Gasteiger partial charge in [-0.15, -0.1) is 0 Å². The lowest BCUT2D eigenvalue weighted by Gasteiger charge is -2.45. The Hall–Kier alpha value is -1.51. The van der Waals surface area contributed by atoms with Crippen LogP contribution in [0.4, 0.5) is 4.79 Å². The Kier molecular flexibility index (Phi) is 6.31. The van der Waals surface area contributed by atoms with Crippen LogP contribution in [-0.4, -0.2) is 23.1 Å². The van der Waals surface area contributed by atoms with Crippen molar-refractivity contribution in [3.63, 3.8) is 0 Å². The summed E-state index contributed by atoms with van der Waals surface area (Å²) >= 11 is 0. The number of hydrogen-bond acceptors (Lipinski definition) is 2. The normalized spacial score (nSPS) is 24.7. The van der Waals surface area contributed by atoms with Gasteiger partial charge in [-0.25, -0.2) is 4.79 Å². The molecule has 1 aromatic carbocycles. The van der Waals surface area contributed by atoms with Gasteiger partial charge in [-0.3, -0.25) is 0 Å². The number of likely N-dealkylation sites (tertiary alicyclic amines) is 1. The van der Waals surface area contributed by atoms with E-state index >= 15 is 0 Å². The van der Waals surface area contributed by atoms with Crippen molar-refractivity contribution < 1.29 is 9.53 Å². The smallest absolute Gasteiger partial charge is 0.410 e. The van der Waals surface area contributed by atoms with E-state index in [-0.39, 0.29) is 12.1 Å². The second-order valence-corrected chi connectivity index (χ2v) is 8.10.